The van der Waals surface area contributed by atoms with E-state index in [2.05, 4.69) is 0 Å². The van der Waals surface area contributed by atoms with E-state index in [1.165, 1.54) is 12.1 Å². The van der Waals surface area contributed by atoms with Gasteiger partial charge < -0.3 is 4.74 Å². The highest BCUT2D eigenvalue weighted by molar-refractivity contribution is 7.92. The van der Waals surface area contributed by atoms with Crippen LogP contribution in [0, 0.1) is 0 Å². The molecule has 0 heterocycles. The molecule has 8 heteroatoms. The number of ether oxygens (including phenoxy) is 1. The van der Waals surface area contributed by atoms with Crippen LogP contribution in [0.25, 0.3) is 0 Å². The molecule has 0 saturated heterocycles. The zero-order valence-corrected chi connectivity index (χ0v) is 16.1. The first kappa shape index (κ1) is 20.0. The van der Waals surface area contributed by atoms with E-state index in [0.717, 1.165) is 5.56 Å². The Balaban J connectivity index is 1.90. The minimum absolute atomic E-state index is 0.0346. The lowest BCUT2D eigenvalue weighted by molar-refractivity contribution is -0.131. The molecule has 2 aromatic carbocycles. The van der Waals surface area contributed by atoms with Gasteiger partial charge in [0.15, 0.2) is 15.6 Å². The lowest BCUT2D eigenvalue weighted by atomic mass is 10.1. The molecule has 0 atom stereocenters. The Morgan fingerprint density at radius 1 is 1.00 bits per heavy atom. The van der Waals surface area contributed by atoms with Gasteiger partial charge in [-0.05, 0) is 30.5 Å². The lowest BCUT2D eigenvalue weighted by Crippen LogP contribution is -2.23. The van der Waals surface area contributed by atoms with E-state index in [9.17, 15) is 13.2 Å². The lowest BCUT2D eigenvalue weighted by Gasteiger charge is -2.09. The minimum Gasteiger partial charge on any atom is -0.423 e. The van der Waals surface area contributed by atoms with Crippen molar-refractivity contribution in [3.63, 3.8) is 0 Å². The molecule has 25 heavy (non-hydrogen) atoms. The first-order valence-corrected chi connectivity index (χ1v) is 10.3. The molecule has 0 aliphatic heterocycles. The van der Waals surface area contributed by atoms with Crippen LogP contribution in [-0.4, -0.2) is 25.9 Å². The Morgan fingerprint density at radius 2 is 1.60 bits per heavy atom. The van der Waals surface area contributed by atoms with E-state index in [4.69, 9.17) is 39.5 Å². The van der Waals surface area contributed by atoms with Crippen molar-refractivity contribution in [3.05, 3.63) is 63.1 Å². The molecule has 0 unspecified atom stereocenters. The number of halogens is 3. The molecule has 0 bridgehead atoms. The third-order valence-electron chi connectivity index (χ3n) is 3.28. The Morgan fingerprint density at radius 3 is 2.20 bits per heavy atom. The molecular weight excluding hydrogens is 407 g/mol. The maximum atomic E-state index is 12.1. The first-order valence-electron chi connectivity index (χ1n) is 7.36. The van der Waals surface area contributed by atoms with Crippen LogP contribution < -0.4 is 4.74 Å². The number of carbonyl (C=O) groups excluding carboxylic acids is 1. The molecule has 4 nitrogen and oxygen atoms in total. The topological polar surface area (TPSA) is 60.4 Å². The van der Waals surface area contributed by atoms with Gasteiger partial charge >= 0.3 is 5.97 Å². The van der Waals surface area contributed by atoms with Gasteiger partial charge in [0, 0.05) is 5.02 Å². The zero-order valence-electron chi connectivity index (χ0n) is 13.0. The van der Waals surface area contributed by atoms with Crippen molar-refractivity contribution in [1.29, 1.82) is 0 Å². The maximum absolute atomic E-state index is 12.1. The summed E-state index contributed by atoms with van der Waals surface area (Å²) in [5.74, 6) is -1.89. The predicted molar refractivity (Wildman–Crippen MR) is 101 cm³/mol. The van der Waals surface area contributed by atoms with Crippen molar-refractivity contribution in [1.82, 2.24) is 0 Å². The Bertz CT molecular complexity index is 828. The molecule has 0 aliphatic carbocycles. The second-order valence-corrected chi connectivity index (χ2v) is 8.79. The van der Waals surface area contributed by atoms with Gasteiger partial charge in [0.1, 0.15) is 5.75 Å². The van der Waals surface area contributed by atoms with Crippen LogP contribution in [-0.2, 0) is 21.1 Å². The van der Waals surface area contributed by atoms with Crippen molar-refractivity contribution < 1.29 is 17.9 Å². The molecule has 0 radical (unpaired) electrons. The van der Waals surface area contributed by atoms with Gasteiger partial charge in [0.25, 0.3) is 0 Å². The number of hydrogen-bond acceptors (Lipinski definition) is 4. The largest absolute Gasteiger partial charge is 0.423 e. The molecule has 0 aromatic heterocycles. The quantitative estimate of drug-likeness (QED) is 0.484. The smallest absolute Gasteiger partial charge is 0.326 e. The van der Waals surface area contributed by atoms with Gasteiger partial charge in [-0.2, -0.15) is 0 Å². The monoisotopic (exact) mass is 420 g/mol. The normalized spacial score (nSPS) is 11.3. The molecule has 0 spiro atoms. The van der Waals surface area contributed by atoms with Crippen LogP contribution in [0.15, 0.2) is 42.5 Å². The van der Waals surface area contributed by atoms with E-state index in [1.54, 1.807) is 0 Å². The van der Waals surface area contributed by atoms with E-state index in [-0.39, 0.29) is 26.6 Å². The SMILES string of the molecule is O=C(CS(=O)(=O)CCCc1ccccc1)Oc1c(Cl)cc(Cl)cc1Cl. The van der Waals surface area contributed by atoms with Crippen molar-refractivity contribution in [2.45, 2.75) is 12.8 Å². The van der Waals surface area contributed by atoms with E-state index < -0.39 is 21.6 Å². The van der Waals surface area contributed by atoms with E-state index in [1.807, 2.05) is 30.3 Å². The Kier molecular flexibility index (Phi) is 7.14. The third-order valence-corrected chi connectivity index (χ3v) is 5.65. The fraction of sp³-hybridized carbons (Fsp3) is 0.235. The highest BCUT2D eigenvalue weighted by Crippen LogP contribution is 2.35. The molecule has 0 saturated carbocycles. The number of rotatable bonds is 7. The van der Waals surface area contributed by atoms with Crippen LogP contribution >= 0.6 is 34.8 Å². The van der Waals surface area contributed by atoms with E-state index in [0.29, 0.717) is 12.8 Å². The molecule has 0 N–H and O–H groups in total. The Labute approximate surface area is 161 Å². The predicted octanol–water partition coefficient (Wildman–Crippen LogP) is 4.60. The summed E-state index contributed by atoms with van der Waals surface area (Å²) in [7, 11) is -3.59. The number of benzene rings is 2. The highest BCUT2D eigenvalue weighted by atomic mass is 35.5. The molecule has 0 aliphatic rings. The average Bonchev–Trinajstić information content (AvgIpc) is 2.51. The molecule has 2 aromatic rings. The Hall–Kier alpha value is -1.27. The van der Waals surface area contributed by atoms with Crippen LogP contribution in [0.4, 0.5) is 0 Å². The number of aryl methyl sites for hydroxylation is 1. The summed E-state index contributed by atoms with van der Waals surface area (Å²) in [6.45, 7) is 0. The maximum Gasteiger partial charge on any atom is 0.326 e. The number of esters is 1. The molecule has 0 amide bonds. The summed E-state index contributed by atoms with van der Waals surface area (Å²) in [5, 5.41) is 0.350. The summed E-state index contributed by atoms with van der Waals surface area (Å²) >= 11 is 17.6. The van der Waals surface area contributed by atoms with Crippen molar-refractivity contribution in [3.8, 4) is 5.75 Å². The fourth-order valence-corrected chi connectivity index (χ4v) is 4.20. The summed E-state index contributed by atoms with van der Waals surface area (Å²) in [5.41, 5.74) is 1.04. The molecule has 134 valence electrons. The number of sulfone groups is 1. The second kappa shape index (κ2) is 8.90. The van der Waals surface area contributed by atoms with Crippen molar-refractivity contribution in [2.24, 2.45) is 0 Å². The third kappa shape index (κ3) is 6.51. The van der Waals surface area contributed by atoms with E-state index >= 15 is 0 Å². The first-order chi connectivity index (χ1) is 11.8. The van der Waals surface area contributed by atoms with Crippen molar-refractivity contribution >= 4 is 50.6 Å². The molecular formula is C17H15Cl3O4S. The van der Waals surface area contributed by atoms with Gasteiger partial charge in [0.05, 0.1) is 15.8 Å². The summed E-state index contributed by atoms with van der Waals surface area (Å²) in [6, 6.07) is 12.2. The van der Waals surface area contributed by atoms with Gasteiger partial charge in [-0.15, -0.1) is 0 Å². The van der Waals surface area contributed by atoms with Crippen LogP contribution in [0.1, 0.15) is 12.0 Å². The highest BCUT2D eigenvalue weighted by Gasteiger charge is 2.20. The summed E-state index contributed by atoms with van der Waals surface area (Å²) in [6.07, 6.45) is 1.03. The standard InChI is InChI=1S/C17H15Cl3O4S/c18-13-9-14(19)17(15(20)10-13)24-16(21)11-25(22,23)8-4-7-12-5-2-1-3-6-12/h1-3,5-6,9-10H,4,7-8,11H2. The fourth-order valence-electron chi connectivity index (χ4n) is 2.16. The summed E-state index contributed by atoms with van der Waals surface area (Å²) in [4.78, 5) is 11.9. The number of hydrogen-bond donors (Lipinski definition) is 0. The second-order valence-electron chi connectivity index (χ2n) is 5.35. The minimum atomic E-state index is -3.59. The van der Waals surface area contributed by atoms with Gasteiger partial charge in [-0.25, -0.2) is 8.42 Å². The average molecular weight is 422 g/mol. The molecule has 2 rings (SSSR count). The molecule has 0 fully saturated rings. The number of carbonyl (C=O) groups is 1. The zero-order chi connectivity index (χ0) is 18.4. The van der Waals surface area contributed by atoms with Crippen molar-refractivity contribution in [2.75, 3.05) is 11.5 Å². The van der Waals surface area contributed by atoms with Gasteiger partial charge in [-0.3, -0.25) is 4.79 Å². The van der Waals surface area contributed by atoms with Crippen LogP contribution in [0.3, 0.4) is 0 Å². The van der Waals surface area contributed by atoms with Gasteiger partial charge in [0.2, 0.25) is 0 Å². The summed E-state index contributed by atoms with van der Waals surface area (Å²) < 4.78 is 29.1. The van der Waals surface area contributed by atoms with Crippen LogP contribution in [0.2, 0.25) is 15.1 Å². The van der Waals surface area contributed by atoms with Crippen LogP contribution in [0.5, 0.6) is 5.75 Å². The van der Waals surface area contributed by atoms with Gasteiger partial charge in [-0.1, -0.05) is 65.1 Å².